The number of rotatable bonds is 5. The molecule has 0 saturated carbocycles. The van der Waals surface area contributed by atoms with Gasteiger partial charge in [0, 0.05) is 67.5 Å². The molecule has 11 heteroatoms. The molecule has 3 N–H and O–H groups in total. The van der Waals surface area contributed by atoms with Gasteiger partial charge in [0.25, 0.3) is 0 Å². The molecule has 3 fully saturated rings. The minimum atomic E-state index is -0.548. The molecule has 0 radical (unpaired) electrons. The van der Waals surface area contributed by atoms with Crippen LogP contribution < -0.4 is 20.9 Å². The second kappa shape index (κ2) is 10.9. The third kappa shape index (κ3) is 4.86. The van der Waals surface area contributed by atoms with E-state index in [4.69, 9.17) is 20.2 Å². The summed E-state index contributed by atoms with van der Waals surface area (Å²) >= 11 is 1.52. The fourth-order valence-corrected chi connectivity index (χ4v) is 8.47. The van der Waals surface area contributed by atoms with E-state index in [1.54, 1.807) is 0 Å². The van der Waals surface area contributed by atoms with Crippen LogP contribution in [-0.2, 0) is 11.8 Å². The molecule has 216 valence electrons. The van der Waals surface area contributed by atoms with Gasteiger partial charge in [0.1, 0.15) is 22.6 Å². The van der Waals surface area contributed by atoms with Crippen LogP contribution in [0.5, 0.6) is 0 Å². The van der Waals surface area contributed by atoms with Crippen molar-refractivity contribution in [1.82, 2.24) is 25.3 Å². The fraction of sp³-hybridized carbons (Fsp3) is 0.600. The van der Waals surface area contributed by atoms with Gasteiger partial charge < -0.3 is 25.4 Å². The first-order valence-corrected chi connectivity index (χ1v) is 16.0. The molecule has 0 aromatic carbocycles. The lowest BCUT2D eigenvalue weighted by Gasteiger charge is -2.32. The Kier molecular flexibility index (Phi) is 7.09. The van der Waals surface area contributed by atoms with Crippen LogP contribution in [0.2, 0.25) is 0 Å². The zero-order valence-electron chi connectivity index (χ0n) is 23.9. The fourth-order valence-electron chi connectivity index (χ4n) is 7.28. The van der Waals surface area contributed by atoms with E-state index >= 15 is 0 Å². The number of nitrogens with one attached hydrogen (secondary N) is 1. The van der Waals surface area contributed by atoms with Crippen LogP contribution in [0, 0.1) is 11.3 Å². The molecule has 7 rings (SSSR count). The van der Waals surface area contributed by atoms with Gasteiger partial charge in [-0.2, -0.15) is 10.2 Å². The molecule has 3 aromatic heterocycles. The largest absolute Gasteiger partial charge is 0.389 e. The van der Waals surface area contributed by atoms with Gasteiger partial charge >= 0.3 is 0 Å². The first kappa shape index (κ1) is 26.7. The number of nitrogens with zero attached hydrogens (tertiary/aromatic N) is 7. The van der Waals surface area contributed by atoms with Gasteiger partial charge in [-0.05, 0) is 64.6 Å². The number of piperazine rings is 1. The van der Waals surface area contributed by atoms with Crippen molar-refractivity contribution < 1.29 is 4.52 Å². The van der Waals surface area contributed by atoms with Crippen LogP contribution in [-0.4, -0.2) is 78.4 Å². The number of hydrogen-bond acceptors (Lipinski definition) is 11. The second-order valence-electron chi connectivity index (χ2n) is 12.2. The second-order valence-corrected chi connectivity index (χ2v) is 13.3. The van der Waals surface area contributed by atoms with Crippen molar-refractivity contribution in [3.8, 4) is 17.6 Å². The first-order chi connectivity index (χ1) is 20.0. The molecule has 1 aliphatic carbocycles. The summed E-state index contributed by atoms with van der Waals surface area (Å²) in [6.45, 7) is 10.4. The zero-order valence-corrected chi connectivity index (χ0v) is 24.7. The summed E-state index contributed by atoms with van der Waals surface area (Å²) in [6, 6.07) is 7.29. The number of thiophene rings is 1. The average molecular weight is 574 g/mol. The van der Waals surface area contributed by atoms with Gasteiger partial charge in [0.05, 0.1) is 11.0 Å². The molecular weight excluding hydrogens is 534 g/mol. The molecule has 4 aliphatic rings. The standard InChI is InChI=1S/C30H39N9OS/c1-30(8-5-6-24-26(30)22(18-31)27(32)41-24)29-35-28(36-40-29)23-16-21(38-14-9-33-10-15-38)17-25(34-23)39-13-7-20(19-39)37-11-3-2-4-12-37/h16-17,20,33H,2-15,19,32H2,1H3. The number of nitriles is 1. The molecule has 2 atom stereocenters. The summed E-state index contributed by atoms with van der Waals surface area (Å²) in [5.74, 6) is 2.02. The van der Waals surface area contributed by atoms with Crippen LogP contribution in [0.1, 0.15) is 67.3 Å². The lowest BCUT2D eigenvalue weighted by Crippen LogP contribution is -2.43. The summed E-state index contributed by atoms with van der Waals surface area (Å²) < 4.78 is 5.98. The van der Waals surface area contributed by atoms with Crippen LogP contribution in [0.4, 0.5) is 16.5 Å². The molecule has 6 heterocycles. The van der Waals surface area contributed by atoms with Crippen LogP contribution >= 0.6 is 11.3 Å². The summed E-state index contributed by atoms with van der Waals surface area (Å²) in [6.07, 6.45) is 7.89. The van der Waals surface area contributed by atoms with Crippen LogP contribution in [0.15, 0.2) is 16.7 Å². The first-order valence-electron chi connectivity index (χ1n) is 15.2. The Morgan fingerprint density at radius 1 is 1.07 bits per heavy atom. The third-order valence-corrected chi connectivity index (χ3v) is 10.6. The van der Waals surface area contributed by atoms with Crippen molar-refractivity contribution in [2.24, 2.45) is 0 Å². The Labute approximate surface area is 245 Å². The van der Waals surface area contributed by atoms with Gasteiger partial charge in [-0.1, -0.05) is 11.6 Å². The van der Waals surface area contributed by atoms with E-state index in [2.05, 4.69) is 50.3 Å². The van der Waals surface area contributed by atoms with E-state index in [0.29, 0.717) is 28.3 Å². The van der Waals surface area contributed by atoms with Crippen molar-refractivity contribution in [3.63, 3.8) is 0 Å². The highest BCUT2D eigenvalue weighted by Crippen LogP contribution is 2.48. The van der Waals surface area contributed by atoms with Gasteiger partial charge in [0.2, 0.25) is 11.7 Å². The van der Waals surface area contributed by atoms with E-state index in [-0.39, 0.29) is 0 Å². The highest BCUT2D eigenvalue weighted by Gasteiger charge is 2.43. The number of aryl methyl sites for hydroxylation is 1. The van der Waals surface area contributed by atoms with Gasteiger partial charge in [0.15, 0.2) is 0 Å². The molecule has 0 spiro atoms. The maximum Gasteiger partial charge on any atom is 0.237 e. The highest BCUT2D eigenvalue weighted by molar-refractivity contribution is 7.16. The predicted molar refractivity (Wildman–Crippen MR) is 161 cm³/mol. The number of anilines is 3. The van der Waals surface area contributed by atoms with E-state index in [1.165, 1.54) is 50.1 Å². The van der Waals surface area contributed by atoms with Gasteiger partial charge in [-0.3, -0.25) is 4.90 Å². The number of piperidine rings is 1. The maximum atomic E-state index is 9.90. The smallest absolute Gasteiger partial charge is 0.237 e. The summed E-state index contributed by atoms with van der Waals surface area (Å²) in [4.78, 5) is 18.8. The molecule has 3 saturated heterocycles. The number of likely N-dealkylation sites (tertiary alicyclic amines) is 1. The van der Waals surface area contributed by atoms with E-state index in [9.17, 15) is 5.26 Å². The molecule has 3 aliphatic heterocycles. The topological polar surface area (TPSA) is 123 Å². The Morgan fingerprint density at radius 2 is 1.90 bits per heavy atom. The SMILES string of the molecule is CC1(c2nc(-c3cc(N4CCNCC4)cc(N4CCC(N5CCCCC5)C4)n3)no2)CCCc2sc(N)c(C#N)c21. The highest BCUT2D eigenvalue weighted by atomic mass is 32.1. The van der Waals surface area contributed by atoms with Crippen LogP contribution in [0.3, 0.4) is 0 Å². The van der Waals surface area contributed by atoms with E-state index < -0.39 is 5.41 Å². The lowest BCUT2D eigenvalue weighted by molar-refractivity contribution is 0.175. The Morgan fingerprint density at radius 3 is 2.71 bits per heavy atom. The van der Waals surface area contributed by atoms with Crippen molar-refractivity contribution in [2.45, 2.75) is 63.3 Å². The normalized spacial score (nSPS) is 25.3. The van der Waals surface area contributed by atoms with E-state index in [1.807, 2.05) is 0 Å². The lowest BCUT2D eigenvalue weighted by atomic mass is 9.72. The summed E-state index contributed by atoms with van der Waals surface area (Å²) in [5, 5.41) is 18.4. The minimum absolute atomic E-state index is 0.500. The number of pyridine rings is 1. The summed E-state index contributed by atoms with van der Waals surface area (Å²) in [5.41, 5.74) is 9.12. The predicted octanol–water partition coefficient (Wildman–Crippen LogP) is 3.76. The van der Waals surface area contributed by atoms with E-state index in [0.717, 1.165) is 86.2 Å². The molecule has 0 amide bonds. The zero-order chi connectivity index (χ0) is 28.0. The number of fused-ring (bicyclic) bond motifs is 1. The molecule has 3 aromatic rings. The van der Waals surface area contributed by atoms with Gasteiger partial charge in [-0.25, -0.2) is 4.98 Å². The number of nitrogen functional groups attached to an aromatic ring is 1. The van der Waals surface area contributed by atoms with Crippen molar-refractivity contribution in [1.29, 1.82) is 5.26 Å². The number of aromatic nitrogens is 3. The van der Waals surface area contributed by atoms with Crippen molar-refractivity contribution >= 4 is 27.8 Å². The maximum absolute atomic E-state index is 9.90. The van der Waals surface area contributed by atoms with Crippen molar-refractivity contribution in [2.75, 3.05) is 67.9 Å². The molecule has 2 unspecified atom stereocenters. The molecule has 10 nitrogen and oxygen atoms in total. The Bertz CT molecular complexity index is 1450. The molecular formula is C30H39N9OS. The quantitative estimate of drug-likeness (QED) is 0.466. The number of nitrogens with two attached hydrogens (primary N) is 1. The molecule has 0 bridgehead atoms. The summed E-state index contributed by atoms with van der Waals surface area (Å²) in [7, 11) is 0. The van der Waals surface area contributed by atoms with Crippen LogP contribution in [0.25, 0.3) is 11.5 Å². The number of hydrogen-bond donors (Lipinski definition) is 2. The monoisotopic (exact) mass is 573 g/mol. The van der Waals surface area contributed by atoms with Crippen molar-refractivity contribution in [3.05, 3.63) is 34.0 Å². The minimum Gasteiger partial charge on any atom is -0.389 e. The Balaban J connectivity index is 1.23. The third-order valence-electron chi connectivity index (χ3n) is 9.55. The Hall–Kier alpha value is -3.20. The molecule has 41 heavy (non-hydrogen) atoms. The average Bonchev–Trinajstić information content (AvgIpc) is 3.77. The van der Waals surface area contributed by atoms with Gasteiger partial charge in [-0.15, -0.1) is 11.3 Å².